The zero-order chi connectivity index (χ0) is 24.2. The Bertz CT molecular complexity index is 1270. The second kappa shape index (κ2) is 10.1. The summed E-state index contributed by atoms with van der Waals surface area (Å²) in [5.74, 6) is -0.431. The Labute approximate surface area is 196 Å². The van der Waals surface area contributed by atoms with E-state index in [-0.39, 0.29) is 29.1 Å². The van der Waals surface area contributed by atoms with Crippen molar-refractivity contribution in [1.29, 1.82) is 0 Å². The molecular formula is C20H20N8O5S. The summed E-state index contributed by atoms with van der Waals surface area (Å²) in [4.78, 5) is 39.6. The number of nitrogens with two attached hydrogens (primary N) is 1. The number of aromatic nitrogens is 4. The van der Waals surface area contributed by atoms with Gasteiger partial charge in [-0.15, -0.1) is 0 Å². The molecule has 34 heavy (non-hydrogen) atoms. The number of carbonyl (C=O) groups excluding carboxylic acids is 2. The maximum atomic E-state index is 12.5. The topological polar surface area (TPSA) is 191 Å². The second-order valence-corrected chi connectivity index (χ2v) is 8.30. The minimum absolute atomic E-state index is 0.0565. The first kappa shape index (κ1) is 23.4. The molecule has 3 heterocycles. The molecule has 2 aromatic heterocycles. The molecule has 176 valence electrons. The molecule has 1 fully saturated rings. The third kappa shape index (κ3) is 4.94. The molecule has 1 saturated heterocycles. The van der Waals surface area contributed by atoms with E-state index in [1.54, 1.807) is 28.8 Å². The van der Waals surface area contributed by atoms with Gasteiger partial charge in [0, 0.05) is 29.5 Å². The lowest BCUT2D eigenvalue weighted by Gasteiger charge is -2.15. The number of thioether (sulfide) groups is 1. The molecule has 0 amide bonds. The van der Waals surface area contributed by atoms with Crippen LogP contribution < -0.4 is 5.73 Å². The fourth-order valence-electron chi connectivity index (χ4n) is 3.54. The van der Waals surface area contributed by atoms with Gasteiger partial charge in [-0.05, 0) is 5.53 Å². The highest BCUT2D eigenvalue weighted by Gasteiger charge is 2.38. The molecule has 0 bridgehead atoms. The summed E-state index contributed by atoms with van der Waals surface area (Å²) < 4.78 is 12.7. The first-order chi connectivity index (χ1) is 16.4. The van der Waals surface area contributed by atoms with Crippen molar-refractivity contribution < 1.29 is 24.2 Å². The van der Waals surface area contributed by atoms with Crippen LogP contribution in [0, 0.1) is 0 Å². The Morgan fingerprint density at radius 3 is 2.82 bits per heavy atom. The highest BCUT2D eigenvalue weighted by Crippen LogP contribution is 2.33. The van der Waals surface area contributed by atoms with Crippen LogP contribution >= 0.6 is 11.8 Å². The van der Waals surface area contributed by atoms with E-state index < -0.39 is 24.4 Å². The molecule has 4 rings (SSSR count). The number of anilines is 1. The highest BCUT2D eigenvalue weighted by molar-refractivity contribution is 7.99. The number of hydrogen-bond acceptors (Lipinski definition) is 11. The van der Waals surface area contributed by atoms with Crippen LogP contribution in [0.15, 0.2) is 40.9 Å². The molecule has 3 aromatic rings. The second-order valence-electron chi connectivity index (χ2n) is 7.36. The Hall–Kier alpha value is -3.71. The Kier molecular flexibility index (Phi) is 6.93. The smallest absolute Gasteiger partial charge is 0.302 e. The number of ether oxygens (including phenoxy) is 2. The van der Waals surface area contributed by atoms with Crippen molar-refractivity contribution in [3.63, 3.8) is 0 Å². The first-order valence-corrected chi connectivity index (χ1v) is 11.1. The number of rotatable bonds is 8. The molecule has 0 spiro atoms. The molecule has 3 N–H and O–H groups in total. The molecule has 3 atom stereocenters. The number of aliphatic hydroxyl groups excluding tert-OH is 1. The average Bonchev–Trinajstić information content (AvgIpc) is 3.42. The third-order valence-corrected chi connectivity index (χ3v) is 5.95. The average molecular weight is 484 g/mol. The largest absolute Gasteiger partial charge is 0.460 e. The van der Waals surface area contributed by atoms with Crippen LogP contribution in [0.3, 0.4) is 0 Å². The lowest BCUT2D eigenvalue weighted by atomic mass is 10.1. The molecule has 0 aliphatic carbocycles. The van der Waals surface area contributed by atoms with E-state index >= 15 is 0 Å². The van der Waals surface area contributed by atoms with E-state index in [9.17, 15) is 14.7 Å². The number of azide groups is 1. The molecule has 0 radical (unpaired) electrons. The Morgan fingerprint density at radius 1 is 1.38 bits per heavy atom. The van der Waals surface area contributed by atoms with Gasteiger partial charge in [0.1, 0.15) is 24.0 Å². The number of esters is 1. The van der Waals surface area contributed by atoms with Crippen molar-refractivity contribution in [2.75, 3.05) is 18.1 Å². The zero-order valence-corrected chi connectivity index (χ0v) is 18.8. The minimum atomic E-state index is -0.678. The van der Waals surface area contributed by atoms with Gasteiger partial charge in [0.2, 0.25) is 0 Å². The van der Waals surface area contributed by atoms with Gasteiger partial charge in [-0.25, -0.2) is 15.0 Å². The summed E-state index contributed by atoms with van der Waals surface area (Å²) in [5.41, 5.74) is 16.2. The zero-order valence-electron chi connectivity index (χ0n) is 17.9. The van der Waals surface area contributed by atoms with Crippen LogP contribution in [0.2, 0.25) is 0 Å². The maximum absolute atomic E-state index is 12.5. The van der Waals surface area contributed by atoms with Crippen molar-refractivity contribution in [1.82, 2.24) is 19.5 Å². The summed E-state index contributed by atoms with van der Waals surface area (Å²) in [6, 6.07) is 6.27. The molecule has 14 heteroatoms. The standard InChI is InChI=1S/C20H20N8O5S/c1-10(30)32-14-6-16(33-15(14)7-29)28-9-23-17-18(21)24-20(25-19(17)28)34-8-13(31)11-2-4-12(5-3-11)26-27-22/h2-5,9,14-16,29H,6-8H2,1H3,(H2,21,24,25)/t14-,15-,16-/m1/s1. The summed E-state index contributed by atoms with van der Waals surface area (Å²) in [5, 5.41) is 13.3. The predicted molar refractivity (Wildman–Crippen MR) is 121 cm³/mol. The molecule has 1 aliphatic rings. The van der Waals surface area contributed by atoms with Crippen molar-refractivity contribution in [3.05, 3.63) is 46.6 Å². The van der Waals surface area contributed by atoms with Crippen molar-refractivity contribution in [2.24, 2.45) is 5.11 Å². The van der Waals surface area contributed by atoms with E-state index in [0.29, 0.717) is 28.8 Å². The quantitative estimate of drug-likeness (QED) is 0.0913. The van der Waals surface area contributed by atoms with Gasteiger partial charge in [-0.3, -0.25) is 14.2 Å². The predicted octanol–water partition coefficient (Wildman–Crippen LogP) is 2.54. The number of imidazole rings is 1. The van der Waals surface area contributed by atoms with Crippen LogP contribution in [0.4, 0.5) is 11.5 Å². The van der Waals surface area contributed by atoms with Crippen molar-refractivity contribution >= 4 is 46.2 Å². The van der Waals surface area contributed by atoms with Gasteiger partial charge in [0.15, 0.2) is 22.4 Å². The number of hydrogen-bond donors (Lipinski definition) is 2. The fourth-order valence-corrected chi connectivity index (χ4v) is 4.29. The lowest BCUT2D eigenvalue weighted by Crippen LogP contribution is -2.29. The monoisotopic (exact) mass is 484 g/mol. The lowest BCUT2D eigenvalue weighted by molar-refractivity contribution is -0.150. The number of nitrogen functional groups attached to an aromatic ring is 1. The number of ketones is 1. The van der Waals surface area contributed by atoms with E-state index in [1.165, 1.54) is 13.3 Å². The molecule has 0 saturated carbocycles. The van der Waals surface area contributed by atoms with Crippen molar-refractivity contribution in [3.8, 4) is 0 Å². The van der Waals surface area contributed by atoms with Gasteiger partial charge in [0.25, 0.3) is 0 Å². The normalized spacial score (nSPS) is 19.6. The summed E-state index contributed by atoms with van der Waals surface area (Å²) in [7, 11) is 0. The van der Waals surface area contributed by atoms with Crippen LogP contribution in [-0.4, -0.2) is 60.9 Å². The number of carbonyl (C=O) groups is 2. The maximum Gasteiger partial charge on any atom is 0.302 e. The van der Waals surface area contributed by atoms with Crippen molar-refractivity contribution in [2.45, 2.75) is 36.9 Å². The van der Waals surface area contributed by atoms with E-state index in [1.807, 2.05) is 0 Å². The van der Waals surface area contributed by atoms with Crippen LogP contribution in [0.25, 0.3) is 21.6 Å². The third-order valence-electron chi connectivity index (χ3n) is 5.10. The van der Waals surface area contributed by atoms with Crippen LogP contribution in [0.5, 0.6) is 0 Å². The number of benzene rings is 1. The number of aliphatic hydroxyl groups is 1. The molecular weight excluding hydrogens is 464 g/mol. The number of nitrogens with zero attached hydrogens (tertiary/aromatic N) is 7. The fraction of sp³-hybridized carbons (Fsp3) is 0.350. The summed E-state index contributed by atoms with van der Waals surface area (Å²) in [6.07, 6.45) is -0.0825. The van der Waals surface area contributed by atoms with E-state index in [0.717, 1.165) is 11.8 Å². The van der Waals surface area contributed by atoms with Gasteiger partial charge < -0.3 is 20.3 Å². The summed E-state index contributed by atoms with van der Waals surface area (Å²) >= 11 is 1.11. The molecule has 0 unspecified atom stereocenters. The Balaban J connectivity index is 1.52. The number of Topliss-reactive ketones (excluding diaryl/α,β-unsaturated/α-hetero) is 1. The molecule has 1 aromatic carbocycles. The van der Waals surface area contributed by atoms with Gasteiger partial charge in [-0.2, -0.15) is 0 Å². The van der Waals surface area contributed by atoms with Gasteiger partial charge in [-0.1, -0.05) is 41.1 Å². The van der Waals surface area contributed by atoms with Gasteiger partial charge in [0.05, 0.1) is 18.7 Å². The minimum Gasteiger partial charge on any atom is -0.460 e. The van der Waals surface area contributed by atoms with E-state index in [4.69, 9.17) is 20.7 Å². The number of fused-ring (bicyclic) bond motifs is 1. The van der Waals surface area contributed by atoms with Gasteiger partial charge >= 0.3 is 5.97 Å². The van der Waals surface area contributed by atoms with Crippen LogP contribution in [-0.2, 0) is 14.3 Å². The molecule has 1 aliphatic heterocycles. The van der Waals surface area contributed by atoms with Crippen LogP contribution in [0.1, 0.15) is 29.9 Å². The molecule has 13 nitrogen and oxygen atoms in total. The summed E-state index contributed by atoms with van der Waals surface area (Å²) in [6.45, 7) is 0.979. The SMILES string of the molecule is CC(=O)O[C@@H]1C[C@H](n2cnc3c(N)nc(SCC(=O)c4ccc(N=[N+]=[N-])cc4)nc32)O[C@@H]1CO. The highest BCUT2D eigenvalue weighted by atomic mass is 32.2. The first-order valence-electron chi connectivity index (χ1n) is 10.1. The van der Waals surface area contributed by atoms with E-state index in [2.05, 4.69) is 25.0 Å². The Morgan fingerprint density at radius 2 is 2.15 bits per heavy atom.